The van der Waals surface area contributed by atoms with Gasteiger partial charge in [-0.15, -0.1) is 0 Å². The Morgan fingerprint density at radius 2 is 1.97 bits per heavy atom. The summed E-state index contributed by atoms with van der Waals surface area (Å²) in [5.74, 6) is 0.566. The average molecular weight is 397 g/mol. The van der Waals surface area contributed by atoms with E-state index < -0.39 is 5.91 Å². The number of aryl methyl sites for hydroxylation is 1. The van der Waals surface area contributed by atoms with E-state index in [0.717, 1.165) is 25.1 Å². The summed E-state index contributed by atoms with van der Waals surface area (Å²) < 4.78 is 16.4. The minimum Gasteiger partial charge on any atom is -0.493 e. The van der Waals surface area contributed by atoms with Crippen LogP contribution in [0.15, 0.2) is 36.4 Å². The third-order valence-electron chi connectivity index (χ3n) is 4.95. The molecule has 2 amide bonds. The van der Waals surface area contributed by atoms with Gasteiger partial charge in [0.15, 0.2) is 11.5 Å². The molecule has 2 aromatic carbocycles. The number of nitrogens with zero attached hydrogens (tertiary/aromatic N) is 1. The zero-order valence-electron chi connectivity index (χ0n) is 16.2. The summed E-state index contributed by atoms with van der Waals surface area (Å²) in [4.78, 5) is 26.9. The van der Waals surface area contributed by atoms with E-state index in [1.165, 1.54) is 12.7 Å². The van der Waals surface area contributed by atoms with Crippen LogP contribution in [0.1, 0.15) is 22.3 Å². The van der Waals surface area contributed by atoms with Crippen LogP contribution >= 0.6 is 0 Å². The molecule has 2 aliphatic heterocycles. The first kappa shape index (κ1) is 18.9. The Kier molecular flexibility index (Phi) is 5.41. The number of ether oxygens (including phenoxy) is 3. The van der Waals surface area contributed by atoms with Crippen molar-refractivity contribution >= 4 is 17.5 Å². The molecule has 8 nitrogen and oxygen atoms in total. The van der Waals surface area contributed by atoms with Crippen LogP contribution in [0.4, 0.5) is 5.69 Å². The van der Waals surface area contributed by atoms with Crippen molar-refractivity contribution in [2.24, 2.45) is 0 Å². The third kappa shape index (κ3) is 4.06. The first-order valence-corrected chi connectivity index (χ1v) is 9.55. The van der Waals surface area contributed by atoms with Gasteiger partial charge in [-0.1, -0.05) is 18.2 Å². The molecule has 0 aliphatic carbocycles. The molecule has 0 saturated heterocycles. The van der Waals surface area contributed by atoms with Crippen LogP contribution in [0.5, 0.6) is 17.2 Å². The number of hydrogen-bond donors (Lipinski definition) is 2. The number of carbonyl (C=O) groups excluding carboxylic acids is 2. The molecule has 2 aliphatic rings. The standard InChI is InChI=1S/C21H23N3O5/c1-27-17-11-15(12-18-20(17)29-10-9-28-18)21(26)23-22-19(25)13-24-8-4-6-14-5-2-3-7-16(14)24/h2-3,5,7,11-12H,4,6,8-10,13H2,1H3,(H,22,25)(H,23,26). The maximum Gasteiger partial charge on any atom is 0.269 e. The predicted molar refractivity (Wildman–Crippen MR) is 107 cm³/mol. The van der Waals surface area contributed by atoms with Gasteiger partial charge < -0.3 is 19.1 Å². The van der Waals surface area contributed by atoms with E-state index in [2.05, 4.69) is 16.9 Å². The van der Waals surface area contributed by atoms with Gasteiger partial charge in [0.25, 0.3) is 11.8 Å². The molecule has 2 heterocycles. The fourth-order valence-corrected chi connectivity index (χ4v) is 3.59. The summed E-state index contributed by atoms with van der Waals surface area (Å²) in [5.41, 5.74) is 7.54. The smallest absolute Gasteiger partial charge is 0.269 e. The molecule has 0 bridgehead atoms. The monoisotopic (exact) mass is 397 g/mol. The molecule has 152 valence electrons. The number of anilines is 1. The summed E-state index contributed by atoms with van der Waals surface area (Å²) in [5, 5.41) is 0. The van der Waals surface area contributed by atoms with Crippen molar-refractivity contribution in [3.63, 3.8) is 0 Å². The number of para-hydroxylation sites is 1. The number of amides is 2. The van der Waals surface area contributed by atoms with Gasteiger partial charge >= 0.3 is 0 Å². The molecule has 0 fully saturated rings. The van der Waals surface area contributed by atoms with Crippen LogP contribution in [0.25, 0.3) is 0 Å². The summed E-state index contributed by atoms with van der Waals surface area (Å²) >= 11 is 0. The lowest BCUT2D eigenvalue weighted by Gasteiger charge is -2.30. The fourth-order valence-electron chi connectivity index (χ4n) is 3.59. The highest BCUT2D eigenvalue weighted by Gasteiger charge is 2.22. The Hall–Kier alpha value is -3.42. The topological polar surface area (TPSA) is 89.1 Å². The van der Waals surface area contributed by atoms with Crippen molar-refractivity contribution < 1.29 is 23.8 Å². The van der Waals surface area contributed by atoms with Crippen molar-refractivity contribution in [2.45, 2.75) is 12.8 Å². The molecule has 0 unspecified atom stereocenters. The van der Waals surface area contributed by atoms with Gasteiger partial charge in [0.2, 0.25) is 5.75 Å². The fraction of sp³-hybridized carbons (Fsp3) is 0.333. The minimum absolute atomic E-state index is 0.168. The molecule has 29 heavy (non-hydrogen) atoms. The highest BCUT2D eigenvalue weighted by Crippen LogP contribution is 2.40. The molecular weight excluding hydrogens is 374 g/mol. The lowest BCUT2D eigenvalue weighted by Crippen LogP contribution is -2.47. The molecule has 8 heteroatoms. The van der Waals surface area contributed by atoms with E-state index in [9.17, 15) is 9.59 Å². The Morgan fingerprint density at radius 1 is 1.14 bits per heavy atom. The zero-order chi connectivity index (χ0) is 20.2. The highest BCUT2D eigenvalue weighted by atomic mass is 16.6. The van der Waals surface area contributed by atoms with Gasteiger partial charge in [0, 0.05) is 17.8 Å². The third-order valence-corrected chi connectivity index (χ3v) is 4.95. The number of nitrogens with one attached hydrogen (secondary N) is 2. The molecule has 0 aromatic heterocycles. The van der Waals surface area contributed by atoms with E-state index in [-0.39, 0.29) is 12.5 Å². The summed E-state index contributed by atoms with van der Waals surface area (Å²) in [6.07, 6.45) is 2.00. The van der Waals surface area contributed by atoms with Gasteiger partial charge in [-0.2, -0.15) is 0 Å². The van der Waals surface area contributed by atoms with Crippen LogP contribution in [-0.4, -0.2) is 45.2 Å². The van der Waals surface area contributed by atoms with Crippen LogP contribution in [0.2, 0.25) is 0 Å². The average Bonchev–Trinajstić information content (AvgIpc) is 2.77. The highest BCUT2D eigenvalue weighted by molar-refractivity contribution is 5.97. The van der Waals surface area contributed by atoms with E-state index in [4.69, 9.17) is 14.2 Å². The molecule has 0 saturated carbocycles. The summed E-state index contributed by atoms with van der Waals surface area (Å²) in [7, 11) is 1.49. The Balaban J connectivity index is 1.38. The van der Waals surface area contributed by atoms with Crippen molar-refractivity contribution in [1.82, 2.24) is 10.9 Å². The van der Waals surface area contributed by atoms with Crippen molar-refractivity contribution in [3.8, 4) is 17.2 Å². The number of methoxy groups -OCH3 is 1. The first-order valence-electron chi connectivity index (χ1n) is 9.55. The minimum atomic E-state index is -0.465. The number of rotatable bonds is 4. The van der Waals surface area contributed by atoms with Crippen LogP contribution < -0.4 is 30.0 Å². The Labute approximate surface area is 168 Å². The van der Waals surface area contributed by atoms with Crippen molar-refractivity contribution in [3.05, 3.63) is 47.5 Å². The van der Waals surface area contributed by atoms with Gasteiger partial charge in [0.05, 0.1) is 13.7 Å². The predicted octanol–water partition coefficient (Wildman–Crippen LogP) is 1.68. The van der Waals surface area contributed by atoms with E-state index in [1.807, 2.05) is 23.1 Å². The molecule has 2 aromatic rings. The van der Waals surface area contributed by atoms with Gasteiger partial charge in [0.1, 0.15) is 13.2 Å². The van der Waals surface area contributed by atoms with Gasteiger partial charge in [-0.3, -0.25) is 20.4 Å². The molecule has 0 atom stereocenters. The quantitative estimate of drug-likeness (QED) is 0.763. The summed E-state index contributed by atoms with van der Waals surface area (Å²) in [6, 6.07) is 11.2. The van der Waals surface area contributed by atoms with Gasteiger partial charge in [-0.25, -0.2) is 0 Å². The number of carbonyl (C=O) groups is 2. The van der Waals surface area contributed by atoms with Crippen LogP contribution in [0.3, 0.4) is 0 Å². The van der Waals surface area contributed by atoms with Crippen LogP contribution in [-0.2, 0) is 11.2 Å². The molecule has 0 spiro atoms. The number of hydrazine groups is 1. The maximum atomic E-state index is 12.5. The first-order chi connectivity index (χ1) is 14.2. The lowest BCUT2D eigenvalue weighted by atomic mass is 10.0. The normalized spacial score (nSPS) is 14.6. The zero-order valence-corrected chi connectivity index (χ0v) is 16.2. The lowest BCUT2D eigenvalue weighted by molar-refractivity contribution is -0.120. The van der Waals surface area contributed by atoms with Crippen molar-refractivity contribution in [2.75, 3.05) is 38.3 Å². The molecule has 4 rings (SSSR count). The van der Waals surface area contributed by atoms with E-state index in [1.54, 1.807) is 12.1 Å². The summed E-state index contributed by atoms with van der Waals surface area (Å²) in [6.45, 7) is 1.79. The van der Waals surface area contributed by atoms with E-state index in [0.29, 0.717) is 36.0 Å². The second-order valence-electron chi connectivity index (χ2n) is 6.86. The number of hydrogen-bond acceptors (Lipinski definition) is 6. The Bertz CT molecular complexity index is 913. The molecule has 0 radical (unpaired) electrons. The maximum absolute atomic E-state index is 12.5. The van der Waals surface area contributed by atoms with Crippen molar-refractivity contribution in [1.29, 1.82) is 0 Å². The number of benzene rings is 2. The van der Waals surface area contributed by atoms with E-state index >= 15 is 0 Å². The van der Waals surface area contributed by atoms with Gasteiger partial charge in [-0.05, 0) is 36.6 Å². The number of fused-ring (bicyclic) bond motifs is 2. The molecular formula is C21H23N3O5. The SMILES string of the molecule is COc1cc(C(=O)NNC(=O)CN2CCCc3ccccc32)cc2c1OCCO2. The Morgan fingerprint density at radius 3 is 2.83 bits per heavy atom. The largest absolute Gasteiger partial charge is 0.493 e. The van der Waals surface area contributed by atoms with Crippen LogP contribution in [0, 0.1) is 0 Å². The second kappa shape index (κ2) is 8.30. The molecule has 2 N–H and O–H groups in total. The second-order valence-corrected chi connectivity index (χ2v) is 6.86.